The van der Waals surface area contributed by atoms with Crippen LogP contribution in [-0.2, 0) is 11.3 Å². The summed E-state index contributed by atoms with van der Waals surface area (Å²) in [6, 6.07) is 9.16. The molecule has 0 amide bonds. The van der Waals surface area contributed by atoms with Gasteiger partial charge in [-0.25, -0.2) is 4.98 Å². The molecule has 1 aromatic heterocycles. The number of nitrogens with zero attached hydrogens (tertiary/aromatic N) is 2. The van der Waals surface area contributed by atoms with Crippen LogP contribution in [-0.4, -0.2) is 26.7 Å². The van der Waals surface area contributed by atoms with Crippen LogP contribution in [0.4, 0.5) is 5.82 Å². The Morgan fingerprint density at radius 1 is 1.24 bits per heavy atom. The van der Waals surface area contributed by atoms with E-state index in [0.717, 1.165) is 25.7 Å². The van der Waals surface area contributed by atoms with E-state index >= 15 is 0 Å². The van der Waals surface area contributed by atoms with Gasteiger partial charge in [0.25, 0.3) is 5.56 Å². The summed E-state index contributed by atoms with van der Waals surface area (Å²) in [5, 5.41) is 12.5. The summed E-state index contributed by atoms with van der Waals surface area (Å²) in [5.41, 5.74) is 0.516. The molecule has 0 unspecified atom stereocenters. The van der Waals surface area contributed by atoms with E-state index in [1.807, 2.05) is 6.07 Å². The molecule has 0 saturated heterocycles. The van der Waals surface area contributed by atoms with Crippen LogP contribution in [0.5, 0.6) is 0 Å². The largest absolute Gasteiger partial charge is 0.480 e. The molecule has 0 radical (unpaired) electrons. The molecule has 1 heterocycles. The number of halogens is 1. The van der Waals surface area contributed by atoms with Gasteiger partial charge in [0.1, 0.15) is 6.54 Å². The van der Waals surface area contributed by atoms with Crippen LogP contribution in [0.25, 0.3) is 11.3 Å². The fraction of sp³-hybridized carbons (Fsp3) is 0.389. The van der Waals surface area contributed by atoms with Crippen LogP contribution in [0.2, 0.25) is 5.15 Å². The first kappa shape index (κ1) is 17.5. The second-order valence-electron chi connectivity index (χ2n) is 6.23. The van der Waals surface area contributed by atoms with E-state index in [0.29, 0.717) is 11.3 Å². The van der Waals surface area contributed by atoms with Crippen molar-refractivity contribution in [1.82, 2.24) is 9.55 Å². The number of rotatable bonds is 5. The molecule has 6 nitrogen and oxygen atoms in total. The number of benzene rings is 1. The van der Waals surface area contributed by atoms with Gasteiger partial charge in [-0.2, -0.15) is 0 Å². The molecule has 2 aromatic rings. The monoisotopic (exact) mass is 361 g/mol. The van der Waals surface area contributed by atoms with E-state index in [2.05, 4.69) is 10.3 Å². The lowest BCUT2D eigenvalue weighted by Crippen LogP contribution is -2.33. The molecule has 1 aliphatic rings. The second kappa shape index (κ2) is 7.70. The first-order chi connectivity index (χ1) is 12.1. The molecular weight excluding hydrogens is 342 g/mol. The molecule has 0 spiro atoms. The molecule has 132 valence electrons. The Labute approximate surface area is 150 Å². The van der Waals surface area contributed by atoms with Gasteiger partial charge in [0.15, 0.2) is 11.0 Å². The third kappa shape index (κ3) is 4.02. The van der Waals surface area contributed by atoms with E-state index in [-0.39, 0.29) is 17.0 Å². The van der Waals surface area contributed by atoms with E-state index in [1.54, 1.807) is 24.3 Å². The average Bonchev–Trinajstić information content (AvgIpc) is 2.60. The topological polar surface area (TPSA) is 84.2 Å². The van der Waals surface area contributed by atoms with Gasteiger partial charge < -0.3 is 10.4 Å². The minimum Gasteiger partial charge on any atom is -0.480 e. The summed E-state index contributed by atoms with van der Waals surface area (Å²) in [6.45, 7) is -0.468. The lowest BCUT2D eigenvalue weighted by atomic mass is 9.95. The fourth-order valence-electron chi connectivity index (χ4n) is 3.23. The smallest absolute Gasteiger partial charge is 0.323 e. The predicted octanol–water partition coefficient (Wildman–Crippen LogP) is 3.39. The molecule has 25 heavy (non-hydrogen) atoms. The van der Waals surface area contributed by atoms with E-state index in [1.165, 1.54) is 11.0 Å². The molecule has 2 N–H and O–H groups in total. The highest BCUT2D eigenvalue weighted by molar-refractivity contribution is 6.32. The second-order valence-corrected chi connectivity index (χ2v) is 6.59. The summed E-state index contributed by atoms with van der Waals surface area (Å²) < 4.78 is 1.18. The van der Waals surface area contributed by atoms with Crippen LogP contribution in [0, 0.1) is 0 Å². The average molecular weight is 362 g/mol. The lowest BCUT2D eigenvalue weighted by molar-refractivity contribution is -0.137. The SMILES string of the molecule is O=C(O)Cn1c(-c2ccccc2)c(Cl)nc(NC2CCCCC2)c1=O. The van der Waals surface area contributed by atoms with Gasteiger partial charge in [-0.05, 0) is 12.8 Å². The number of anilines is 1. The normalized spacial score (nSPS) is 15.1. The number of nitrogens with one attached hydrogen (secondary N) is 1. The number of hydrogen-bond acceptors (Lipinski definition) is 4. The highest BCUT2D eigenvalue weighted by Crippen LogP contribution is 2.27. The zero-order valence-electron chi connectivity index (χ0n) is 13.7. The summed E-state index contributed by atoms with van der Waals surface area (Å²) >= 11 is 6.34. The Kier molecular flexibility index (Phi) is 5.38. The third-order valence-corrected chi connectivity index (χ3v) is 4.67. The first-order valence-corrected chi connectivity index (χ1v) is 8.78. The molecule has 1 aromatic carbocycles. The molecule has 0 bridgehead atoms. The molecule has 1 fully saturated rings. The van der Waals surface area contributed by atoms with Crippen LogP contribution in [0.15, 0.2) is 35.1 Å². The maximum absolute atomic E-state index is 12.8. The highest BCUT2D eigenvalue weighted by atomic mass is 35.5. The van der Waals surface area contributed by atoms with Gasteiger partial charge in [-0.1, -0.05) is 61.2 Å². The van der Waals surface area contributed by atoms with Crippen LogP contribution < -0.4 is 10.9 Å². The first-order valence-electron chi connectivity index (χ1n) is 8.40. The van der Waals surface area contributed by atoms with Gasteiger partial charge in [-0.15, -0.1) is 0 Å². The molecule has 3 rings (SSSR count). The molecule has 0 aliphatic heterocycles. The number of aliphatic carboxylic acids is 1. The van der Waals surface area contributed by atoms with Crippen LogP contribution >= 0.6 is 11.6 Å². The number of aromatic nitrogens is 2. The standard InChI is InChI=1S/C18H20ClN3O3/c19-16-15(12-7-3-1-4-8-12)22(11-14(23)24)18(25)17(21-16)20-13-9-5-2-6-10-13/h1,3-4,7-8,13H,2,5-6,9-11H2,(H,20,21)(H,23,24). The number of carboxylic acid groups (broad SMARTS) is 1. The molecule has 0 atom stereocenters. The Morgan fingerprint density at radius 3 is 2.56 bits per heavy atom. The minimum atomic E-state index is -1.11. The van der Waals surface area contributed by atoms with Gasteiger partial charge in [0.2, 0.25) is 0 Å². The fourth-order valence-corrected chi connectivity index (χ4v) is 3.53. The highest BCUT2D eigenvalue weighted by Gasteiger charge is 2.21. The van der Waals surface area contributed by atoms with Gasteiger partial charge in [0.05, 0.1) is 5.69 Å². The third-order valence-electron chi connectivity index (χ3n) is 4.41. The zero-order chi connectivity index (χ0) is 17.8. The number of carboxylic acids is 1. The van der Waals surface area contributed by atoms with Crippen LogP contribution in [0.3, 0.4) is 0 Å². The van der Waals surface area contributed by atoms with Crippen molar-refractivity contribution >= 4 is 23.4 Å². The van der Waals surface area contributed by atoms with Crippen molar-refractivity contribution in [2.45, 2.75) is 44.7 Å². The van der Waals surface area contributed by atoms with Gasteiger partial charge in [0, 0.05) is 11.6 Å². The van der Waals surface area contributed by atoms with E-state index in [4.69, 9.17) is 11.6 Å². The maximum Gasteiger partial charge on any atom is 0.323 e. The van der Waals surface area contributed by atoms with Crippen molar-refractivity contribution in [2.24, 2.45) is 0 Å². The van der Waals surface area contributed by atoms with Crippen molar-refractivity contribution in [1.29, 1.82) is 0 Å². The zero-order valence-corrected chi connectivity index (χ0v) is 14.5. The number of hydrogen-bond donors (Lipinski definition) is 2. The van der Waals surface area contributed by atoms with E-state index < -0.39 is 18.1 Å². The van der Waals surface area contributed by atoms with Gasteiger partial charge >= 0.3 is 5.97 Å². The Morgan fingerprint density at radius 2 is 1.92 bits per heavy atom. The van der Waals surface area contributed by atoms with Crippen molar-refractivity contribution < 1.29 is 9.90 Å². The predicted molar refractivity (Wildman–Crippen MR) is 97.1 cm³/mol. The van der Waals surface area contributed by atoms with Crippen molar-refractivity contribution in [3.8, 4) is 11.3 Å². The van der Waals surface area contributed by atoms with Crippen molar-refractivity contribution in [3.05, 3.63) is 45.8 Å². The molecule has 1 aliphatic carbocycles. The molecule has 7 heteroatoms. The van der Waals surface area contributed by atoms with Crippen molar-refractivity contribution in [2.75, 3.05) is 5.32 Å². The number of carbonyl (C=O) groups is 1. The minimum absolute atomic E-state index is 0.116. The Balaban J connectivity index is 2.06. The Bertz CT molecular complexity index is 814. The molecule has 1 saturated carbocycles. The molecular formula is C18H20ClN3O3. The van der Waals surface area contributed by atoms with Crippen molar-refractivity contribution in [3.63, 3.8) is 0 Å². The lowest BCUT2D eigenvalue weighted by Gasteiger charge is -2.24. The van der Waals surface area contributed by atoms with E-state index in [9.17, 15) is 14.7 Å². The summed E-state index contributed by atoms with van der Waals surface area (Å²) in [4.78, 5) is 28.4. The quantitative estimate of drug-likeness (QED) is 0.852. The van der Waals surface area contributed by atoms with Gasteiger partial charge in [-0.3, -0.25) is 14.2 Å². The van der Waals surface area contributed by atoms with Crippen LogP contribution in [0.1, 0.15) is 32.1 Å². The summed E-state index contributed by atoms with van der Waals surface area (Å²) in [7, 11) is 0. The maximum atomic E-state index is 12.8. The Hall–Kier alpha value is -2.34. The summed E-state index contributed by atoms with van der Waals surface area (Å²) in [6.07, 6.45) is 5.35. The summed E-state index contributed by atoms with van der Waals surface area (Å²) in [5.74, 6) is -0.983.